The number of carbonyl (C=O) groups excluding carboxylic acids is 1. The van der Waals surface area contributed by atoms with Gasteiger partial charge in [-0.15, -0.1) is 0 Å². The predicted octanol–water partition coefficient (Wildman–Crippen LogP) is 1.85. The summed E-state index contributed by atoms with van der Waals surface area (Å²) in [7, 11) is 0. The molecule has 1 aromatic carbocycles. The molecule has 1 atom stereocenters. The average molecular weight is 279 g/mol. The van der Waals surface area contributed by atoms with Gasteiger partial charge in [-0.25, -0.2) is 0 Å². The van der Waals surface area contributed by atoms with Gasteiger partial charge in [-0.3, -0.25) is 9.59 Å². The van der Waals surface area contributed by atoms with Crippen molar-refractivity contribution >= 4 is 11.9 Å². The molecular weight excluding hydrogens is 258 g/mol. The van der Waals surface area contributed by atoms with E-state index in [-0.39, 0.29) is 5.92 Å². The SMILES string of the molecule is CCc1cccc(OC(C(=O)NCC(=O)O)C(C)C)c1. The molecule has 0 heterocycles. The summed E-state index contributed by atoms with van der Waals surface area (Å²) >= 11 is 0. The van der Waals surface area contributed by atoms with Gasteiger partial charge in [0.2, 0.25) is 0 Å². The molecular formula is C15H21NO4. The molecule has 5 heteroatoms. The third kappa shape index (κ3) is 4.91. The number of ether oxygens (including phenoxy) is 1. The third-order valence-corrected chi connectivity index (χ3v) is 2.85. The standard InChI is InChI=1S/C15H21NO4/c1-4-11-6-5-7-12(8-11)20-14(10(2)3)15(19)16-9-13(17)18/h5-8,10,14H,4,9H2,1-3H3,(H,16,19)(H,17,18). The number of amides is 1. The Morgan fingerprint density at radius 3 is 2.60 bits per heavy atom. The minimum Gasteiger partial charge on any atom is -0.480 e. The van der Waals surface area contributed by atoms with E-state index in [2.05, 4.69) is 5.32 Å². The van der Waals surface area contributed by atoms with Gasteiger partial charge in [-0.1, -0.05) is 32.9 Å². The number of aliphatic carboxylic acids is 1. The number of hydrogen-bond donors (Lipinski definition) is 2. The van der Waals surface area contributed by atoms with Crippen LogP contribution in [0.4, 0.5) is 0 Å². The lowest BCUT2D eigenvalue weighted by Crippen LogP contribution is -2.43. The molecule has 0 aromatic heterocycles. The quantitative estimate of drug-likeness (QED) is 0.798. The van der Waals surface area contributed by atoms with Crippen molar-refractivity contribution < 1.29 is 19.4 Å². The maximum absolute atomic E-state index is 11.9. The number of nitrogens with one attached hydrogen (secondary N) is 1. The van der Waals surface area contributed by atoms with Gasteiger partial charge in [0.05, 0.1) is 0 Å². The number of hydrogen-bond acceptors (Lipinski definition) is 3. The number of carboxylic acid groups (broad SMARTS) is 1. The highest BCUT2D eigenvalue weighted by Gasteiger charge is 2.24. The minimum atomic E-state index is -1.08. The maximum atomic E-state index is 11.9. The first-order valence-electron chi connectivity index (χ1n) is 6.69. The fourth-order valence-corrected chi connectivity index (χ4v) is 1.74. The Morgan fingerprint density at radius 1 is 1.35 bits per heavy atom. The molecule has 20 heavy (non-hydrogen) atoms. The maximum Gasteiger partial charge on any atom is 0.322 e. The summed E-state index contributed by atoms with van der Waals surface area (Å²) in [4.78, 5) is 22.4. The molecule has 110 valence electrons. The van der Waals surface area contributed by atoms with Gasteiger partial charge in [-0.2, -0.15) is 0 Å². The molecule has 0 radical (unpaired) electrons. The number of aryl methyl sites for hydroxylation is 1. The third-order valence-electron chi connectivity index (χ3n) is 2.85. The van der Waals surface area contributed by atoms with Gasteiger partial charge in [-0.05, 0) is 30.0 Å². The first-order valence-corrected chi connectivity index (χ1v) is 6.69. The molecule has 0 saturated carbocycles. The van der Waals surface area contributed by atoms with Crippen LogP contribution >= 0.6 is 0 Å². The molecule has 0 saturated heterocycles. The van der Waals surface area contributed by atoms with E-state index in [9.17, 15) is 9.59 Å². The summed E-state index contributed by atoms with van der Waals surface area (Å²) < 4.78 is 5.71. The van der Waals surface area contributed by atoms with Crippen LogP contribution in [0.25, 0.3) is 0 Å². The zero-order chi connectivity index (χ0) is 15.1. The Labute approximate surface area is 118 Å². The van der Waals surface area contributed by atoms with Gasteiger partial charge in [0, 0.05) is 0 Å². The van der Waals surface area contributed by atoms with Crippen LogP contribution in [0.5, 0.6) is 5.75 Å². The fourth-order valence-electron chi connectivity index (χ4n) is 1.74. The van der Waals surface area contributed by atoms with E-state index < -0.39 is 24.5 Å². The first-order chi connectivity index (χ1) is 9.43. The predicted molar refractivity (Wildman–Crippen MR) is 75.7 cm³/mol. The molecule has 1 unspecified atom stereocenters. The highest BCUT2D eigenvalue weighted by molar-refractivity contribution is 5.84. The lowest BCUT2D eigenvalue weighted by molar-refractivity contribution is -0.139. The summed E-state index contributed by atoms with van der Waals surface area (Å²) in [5.74, 6) is -0.930. The molecule has 0 spiro atoms. The normalized spacial score (nSPS) is 12.0. The van der Waals surface area contributed by atoms with Gasteiger partial charge < -0.3 is 15.2 Å². The van der Waals surface area contributed by atoms with Crippen molar-refractivity contribution in [1.29, 1.82) is 0 Å². The number of rotatable bonds is 7. The summed E-state index contributed by atoms with van der Waals surface area (Å²) in [6.45, 7) is 5.35. The largest absolute Gasteiger partial charge is 0.480 e. The van der Waals surface area contributed by atoms with E-state index in [4.69, 9.17) is 9.84 Å². The Kier molecular flexibility index (Phi) is 6.03. The molecule has 0 aliphatic heterocycles. The van der Waals surface area contributed by atoms with Crippen LogP contribution in [0.1, 0.15) is 26.3 Å². The number of carbonyl (C=O) groups is 2. The second-order valence-corrected chi connectivity index (χ2v) is 4.89. The number of carboxylic acids is 1. The van der Waals surface area contributed by atoms with Crippen LogP contribution in [0.15, 0.2) is 24.3 Å². The Hall–Kier alpha value is -2.04. The van der Waals surface area contributed by atoms with Gasteiger partial charge in [0.25, 0.3) is 5.91 Å². The van der Waals surface area contributed by atoms with Crippen molar-refractivity contribution in [3.63, 3.8) is 0 Å². The zero-order valence-electron chi connectivity index (χ0n) is 12.1. The van der Waals surface area contributed by atoms with E-state index in [1.807, 2.05) is 39.0 Å². The van der Waals surface area contributed by atoms with E-state index in [1.165, 1.54) is 0 Å². The Balaban J connectivity index is 2.75. The van der Waals surface area contributed by atoms with Gasteiger partial charge in [0.1, 0.15) is 12.3 Å². The summed E-state index contributed by atoms with van der Waals surface area (Å²) in [6, 6.07) is 7.54. The summed E-state index contributed by atoms with van der Waals surface area (Å²) in [5, 5.41) is 10.9. The van der Waals surface area contributed by atoms with Crippen LogP contribution in [0, 0.1) is 5.92 Å². The van der Waals surface area contributed by atoms with Crippen molar-refractivity contribution in [2.75, 3.05) is 6.54 Å². The fraction of sp³-hybridized carbons (Fsp3) is 0.467. The van der Waals surface area contributed by atoms with Crippen LogP contribution in [0.3, 0.4) is 0 Å². The second-order valence-electron chi connectivity index (χ2n) is 4.89. The van der Waals surface area contributed by atoms with Crippen molar-refractivity contribution in [2.24, 2.45) is 5.92 Å². The molecule has 2 N–H and O–H groups in total. The smallest absolute Gasteiger partial charge is 0.322 e. The molecule has 0 aliphatic rings. The monoisotopic (exact) mass is 279 g/mol. The summed E-state index contributed by atoms with van der Waals surface area (Å²) in [6.07, 6.45) is 0.177. The Morgan fingerprint density at radius 2 is 2.05 bits per heavy atom. The molecule has 5 nitrogen and oxygen atoms in total. The van der Waals surface area contributed by atoms with Crippen LogP contribution in [0.2, 0.25) is 0 Å². The van der Waals surface area contributed by atoms with E-state index in [0.29, 0.717) is 5.75 Å². The van der Waals surface area contributed by atoms with Crippen molar-refractivity contribution in [2.45, 2.75) is 33.3 Å². The zero-order valence-corrected chi connectivity index (χ0v) is 12.1. The second kappa shape index (κ2) is 7.53. The minimum absolute atomic E-state index is 0.0610. The highest BCUT2D eigenvalue weighted by Crippen LogP contribution is 2.18. The van der Waals surface area contributed by atoms with Gasteiger partial charge >= 0.3 is 5.97 Å². The van der Waals surface area contributed by atoms with Crippen LogP contribution in [-0.2, 0) is 16.0 Å². The Bertz CT molecular complexity index is 471. The van der Waals surface area contributed by atoms with Crippen molar-refractivity contribution in [1.82, 2.24) is 5.32 Å². The van der Waals surface area contributed by atoms with E-state index in [1.54, 1.807) is 6.07 Å². The van der Waals surface area contributed by atoms with E-state index >= 15 is 0 Å². The van der Waals surface area contributed by atoms with Crippen LogP contribution in [-0.4, -0.2) is 29.6 Å². The van der Waals surface area contributed by atoms with Gasteiger partial charge in [0.15, 0.2) is 6.10 Å². The lowest BCUT2D eigenvalue weighted by Gasteiger charge is -2.21. The first kappa shape index (κ1) is 16.0. The topological polar surface area (TPSA) is 75.6 Å². The van der Waals surface area contributed by atoms with Crippen LogP contribution < -0.4 is 10.1 Å². The number of benzene rings is 1. The molecule has 0 fully saturated rings. The van der Waals surface area contributed by atoms with Crippen molar-refractivity contribution in [3.05, 3.63) is 29.8 Å². The highest BCUT2D eigenvalue weighted by atomic mass is 16.5. The molecule has 0 aliphatic carbocycles. The summed E-state index contributed by atoms with van der Waals surface area (Å²) in [5.41, 5.74) is 1.12. The average Bonchev–Trinajstić information content (AvgIpc) is 2.42. The molecule has 1 rings (SSSR count). The van der Waals surface area contributed by atoms with E-state index in [0.717, 1.165) is 12.0 Å². The lowest BCUT2D eigenvalue weighted by atomic mass is 10.1. The van der Waals surface area contributed by atoms with Crippen molar-refractivity contribution in [3.8, 4) is 5.75 Å². The molecule has 1 aromatic rings. The molecule has 1 amide bonds. The molecule has 0 bridgehead atoms.